The van der Waals surface area contributed by atoms with Crippen molar-refractivity contribution >= 4 is 38.7 Å². The van der Waals surface area contributed by atoms with Crippen LogP contribution in [0.25, 0.3) is 16.6 Å². The number of aryl methyl sites for hydroxylation is 2. The summed E-state index contributed by atoms with van der Waals surface area (Å²) in [5.41, 5.74) is 4.02. The highest BCUT2D eigenvalue weighted by atomic mass is 79.9. The smallest absolute Gasteiger partial charge is 0.256 e. The normalized spacial score (nSPS) is 18.1. The average Bonchev–Trinajstić information content (AvgIpc) is 3.28. The molecule has 4 aromatic rings. The highest BCUT2D eigenvalue weighted by Gasteiger charge is 2.33. The minimum Gasteiger partial charge on any atom is -0.352 e. The second-order valence-corrected chi connectivity index (χ2v) is 10.2. The average molecular weight is 534 g/mol. The third-order valence-electron chi connectivity index (χ3n) is 6.59. The summed E-state index contributed by atoms with van der Waals surface area (Å²) in [6.45, 7) is 7.38. The molecule has 0 aliphatic carbocycles. The lowest BCUT2D eigenvalue weighted by molar-refractivity contribution is 0.0539. The molecular formula is C26H28BrN7O. The monoisotopic (exact) mass is 533 g/mol. The van der Waals surface area contributed by atoms with Crippen molar-refractivity contribution in [2.24, 2.45) is 5.92 Å². The molecule has 0 bridgehead atoms. The fourth-order valence-electron chi connectivity index (χ4n) is 4.70. The summed E-state index contributed by atoms with van der Waals surface area (Å²) >= 11 is 3.49. The lowest BCUT2D eigenvalue weighted by Gasteiger charge is -2.40. The number of fused-ring (bicyclic) bond motifs is 1. The van der Waals surface area contributed by atoms with Crippen LogP contribution in [0.2, 0.25) is 0 Å². The lowest BCUT2D eigenvalue weighted by atomic mass is 9.90. The van der Waals surface area contributed by atoms with E-state index in [2.05, 4.69) is 48.3 Å². The molecule has 2 aromatic carbocycles. The maximum absolute atomic E-state index is 13.9. The molecule has 3 heterocycles. The fourth-order valence-corrected chi connectivity index (χ4v) is 5.08. The first-order valence-electron chi connectivity index (χ1n) is 11.9. The number of hydrogen-bond donors (Lipinski definition) is 1. The van der Waals surface area contributed by atoms with Crippen molar-refractivity contribution in [1.82, 2.24) is 29.9 Å². The predicted molar refractivity (Wildman–Crippen MR) is 140 cm³/mol. The third kappa shape index (κ3) is 4.91. The van der Waals surface area contributed by atoms with E-state index in [0.29, 0.717) is 36.2 Å². The Morgan fingerprint density at radius 1 is 1.17 bits per heavy atom. The number of halogens is 1. The highest BCUT2D eigenvalue weighted by Crippen LogP contribution is 2.28. The van der Waals surface area contributed by atoms with Gasteiger partial charge in [-0.3, -0.25) is 4.79 Å². The van der Waals surface area contributed by atoms with Crippen molar-refractivity contribution in [3.63, 3.8) is 0 Å². The number of aromatic nitrogens is 5. The van der Waals surface area contributed by atoms with Gasteiger partial charge in [-0.15, -0.1) is 0 Å². The van der Waals surface area contributed by atoms with Crippen molar-refractivity contribution in [2.75, 3.05) is 18.4 Å². The molecule has 0 unspecified atom stereocenters. The molecule has 2 atom stereocenters. The molecule has 1 fully saturated rings. The number of nitrogens with one attached hydrogen (secondary N) is 1. The molecule has 1 aliphatic rings. The fraction of sp³-hybridized carbons (Fsp3) is 0.346. The van der Waals surface area contributed by atoms with Gasteiger partial charge in [0.25, 0.3) is 5.91 Å². The molecule has 1 amide bonds. The molecule has 1 aliphatic heterocycles. The molecule has 2 aromatic heterocycles. The molecule has 0 spiro atoms. The number of anilines is 1. The van der Waals surface area contributed by atoms with E-state index >= 15 is 0 Å². The number of carbonyl (C=O) groups is 1. The van der Waals surface area contributed by atoms with E-state index in [9.17, 15) is 4.79 Å². The number of piperidine rings is 1. The Bertz CT molecular complexity index is 1390. The largest absolute Gasteiger partial charge is 0.352 e. The number of benzene rings is 2. The maximum atomic E-state index is 13.9. The number of hydrogen-bond acceptors (Lipinski definition) is 6. The third-order valence-corrected chi connectivity index (χ3v) is 7.09. The molecule has 35 heavy (non-hydrogen) atoms. The van der Waals surface area contributed by atoms with E-state index in [-0.39, 0.29) is 11.9 Å². The summed E-state index contributed by atoms with van der Waals surface area (Å²) < 4.78 is 0.996. The number of amides is 1. The van der Waals surface area contributed by atoms with E-state index in [4.69, 9.17) is 0 Å². The molecule has 9 heteroatoms. The molecule has 0 saturated carbocycles. The second kappa shape index (κ2) is 9.73. The standard InChI is InChI=1S/C26H28BrN7O/c1-16-6-9-23(34-30-13-18(3)32-34)21(11-16)25(35)33-10-4-5-17(2)24(33)15-29-26-28-14-19-12-20(27)7-8-22(19)31-26/h6-9,11-14,17,24H,4-5,10,15H2,1-3H3,(H,28,29,31)/t17-,24-/m1/s1. The lowest BCUT2D eigenvalue weighted by Crippen LogP contribution is -2.51. The van der Waals surface area contributed by atoms with Gasteiger partial charge in [0.05, 0.1) is 34.7 Å². The van der Waals surface area contributed by atoms with Gasteiger partial charge < -0.3 is 10.2 Å². The van der Waals surface area contributed by atoms with Gasteiger partial charge in [0.2, 0.25) is 5.95 Å². The van der Waals surface area contributed by atoms with Gasteiger partial charge in [-0.2, -0.15) is 15.0 Å². The van der Waals surface area contributed by atoms with Gasteiger partial charge in [-0.25, -0.2) is 9.97 Å². The minimum absolute atomic E-state index is 0.00119. The van der Waals surface area contributed by atoms with Gasteiger partial charge in [-0.1, -0.05) is 34.5 Å². The van der Waals surface area contributed by atoms with E-state index in [1.54, 1.807) is 11.0 Å². The second-order valence-electron chi connectivity index (χ2n) is 9.26. The van der Waals surface area contributed by atoms with Crippen LogP contribution in [0.1, 0.15) is 41.4 Å². The Morgan fingerprint density at radius 2 is 2.03 bits per heavy atom. The first-order chi connectivity index (χ1) is 16.9. The predicted octanol–water partition coefficient (Wildman–Crippen LogP) is 4.94. The van der Waals surface area contributed by atoms with Crippen molar-refractivity contribution < 1.29 is 4.79 Å². The van der Waals surface area contributed by atoms with Gasteiger partial charge in [0.1, 0.15) is 0 Å². The Morgan fingerprint density at radius 3 is 2.83 bits per heavy atom. The van der Waals surface area contributed by atoms with Crippen molar-refractivity contribution in [2.45, 2.75) is 39.7 Å². The number of carbonyl (C=O) groups excluding carboxylic acids is 1. The number of nitrogens with zero attached hydrogens (tertiary/aromatic N) is 6. The molecule has 180 valence electrons. The van der Waals surface area contributed by atoms with Crippen LogP contribution in [0, 0.1) is 19.8 Å². The van der Waals surface area contributed by atoms with E-state index in [1.165, 1.54) is 0 Å². The van der Waals surface area contributed by atoms with Crippen molar-refractivity contribution in [3.8, 4) is 5.69 Å². The zero-order valence-electron chi connectivity index (χ0n) is 20.1. The number of likely N-dealkylation sites (tertiary alicyclic amines) is 1. The summed E-state index contributed by atoms with van der Waals surface area (Å²) in [5, 5.41) is 13.2. The summed E-state index contributed by atoms with van der Waals surface area (Å²) in [6, 6.07) is 11.8. The zero-order chi connectivity index (χ0) is 24.5. The summed E-state index contributed by atoms with van der Waals surface area (Å²) in [7, 11) is 0. The minimum atomic E-state index is 0.00119. The Balaban J connectivity index is 1.40. The van der Waals surface area contributed by atoms with Crippen LogP contribution in [0.5, 0.6) is 0 Å². The Hall–Kier alpha value is -3.33. The van der Waals surface area contributed by atoms with Crippen LogP contribution in [0.3, 0.4) is 0 Å². The van der Waals surface area contributed by atoms with Crippen LogP contribution in [-0.4, -0.2) is 54.9 Å². The molecule has 5 rings (SSSR count). The summed E-state index contributed by atoms with van der Waals surface area (Å²) in [6.07, 6.45) is 5.57. The molecular weight excluding hydrogens is 506 g/mol. The molecule has 1 saturated heterocycles. The van der Waals surface area contributed by atoms with Gasteiger partial charge in [0.15, 0.2) is 0 Å². The maximum Gasteiger partial charge on any atom is 0.256 e. The summed E-state index contributed by atoms with van der Waals surface area (Å²) in [5.74, 6) is 0.911. The van der Waals surface area contributed by atoms with Crippen molar-refractivity contribution in [3.05, 3.63) is 70.1 Å². The van der Waals surface area contributed by atoms with Crippen LogP contribution < -0.4 is 5.32 Å². The Labute approximate surface area is 212 Å². The number of rotatable bonds is 5. The molecule has 8 nitrogen and oxygen atoms in total. The quantitative estimate of drug-likeness (QED) is 0.390. The van der Waals surface area contributed by atoms with Crippen LogP contribution in [0.4, 0.5) is 5.95 Å². The molecule has 1 N–H and O–H groups in total. The zero-order valence-corrected chi connectivity index (χ0v) is 21.7. The molecule has 0 radical (unpaired) electrons. The van der Waals surface area contributed by atoms with Crippen LogP contribution in [-0.2, 0) is 0 Å². The van der Waals surface area contributed by atoms with Crippen LogP contribution >= 0.6 is 15.9 Å². The van der Waals surface area contributed by atoms with E-state index in [0.717, 1.165) is 39.5 Å². The van der Waals surface area contributed by atoms with Gasteiger partial charge >= 0.3 is 0 Å². The topological polar surface area (TPSA) is 88.8 Å². The summed E-state index contributed by atoms with van der Waals surface area (Å²) in [4.78, 5) is 26.6. The van der Waals surface area contributed by atoms with Crippen molar-refractivity contribution in [1.29, 1.82) is 0 Å². The first-order valence-corrected chi connectivity index (χ1v) is 12.7. The van der Waals surface area contributed by atoms with E-state index in [1.807, 2.05) is 61.3 Å². The van der Waals surface area contributed by atoms with Gasteiger partial charge in [-0.05, 0) is 62.9 Å². The first kappa shape index (κ1) is 23.4. The highest BCUT2D eigenvalue weighted by molar-refractivity contribution is 9.10. The SMILES string of the molecule is Cc1ccc(-n2ncc(C)n2)c(C(=O)N2CCC[C@@H](C)[C@H]2CNc2ncc3cc(Br)ccc3n2)c1. The van der Waals surface area contributed by atoms with E-state index < -0.39 is 0 Å². The van der Waals surface area contributed by atoms with Crippen LogP contribution in [0.15, 0.2) is 53.3 Å². The van der Waals surface area contributed by atoms with Gasteiger partial charge in [0, 0.05) is 29.1 Å². The Kier molecular flexibility index (Phi) is 6.51.